The van der Waals surface area contributed by atoms with Gasteiger partial charge < -0.3 is 20.5 Å². The average molecular weight is 424 g/mol. The average Bonchev–Trinajstić information content (AvgIpc) is 2.79. The third-order valence-electron chi connectivity index (χ3n) is 5.47. The van der Waals surface area contributed by atoms with Crippen molar-refractivity contribution in [3.8, 4) is 0 Å². The van der Waals surface area contributed by atoms with Gasteiger partial charge in [-0.15, -0.1) is 0 Å². The summed E-state index contributed by atoms with van der Waals surface area (Å²) in [5, 5.41) is 16.7. The number of carbonyl (C=O) groups excluding carboxylic acids is 1. The number of aliphatic hydroxyl groups is 1. The van der Waals surface area contributed by atoms with Gasteiger partial charge in [-0.25, -0.2) is 14.4 Å². The summed E-state index contributed by atoms with van der Waals surface area (Å²) in [5.74, 6) is -0.128. The van der Waals surface area contributed by atoms with Crippen LogP contribution in [0, 0.1) is 12.7 Å². The number of nitrogens with one attached hydrogen (secondary N) is 2. The number of pyridine rings is 2. The maximum Gasteiger partial charge on any atom is 0.270 e. The van der Waals surface area contributed by atoms with Gasteiger partial charge in [0.1, 0.15) is 17.3 Å². The van der Waals surface area contributed by atoms with E-state index in [-0.39, 0.29) is 18.1 Å². The van der Waals surface area contributed by atoms with Gasteiger partial charge in [0.2, 0.25) is 0 Å². The molecule has 8 heteroatoms. The van der Waals surface area contributed by atoms with Crippen LogP contribution in [0.3, 0.4) is 0 Å². The summed E-state index contributed by atoms with van der Waals surface area (Å²) in [6.07, 6.45) is 3.55. The number of aromatic nitrogens is 2. The summed E-state index contributed by atoms with van der Waals surface area (Å²) in [4.78, 5) is 21.7. The van der Waals surface area contributed by atoms with Gasteiger partial charge in [-0.2, -0.15) is 0 Å². The number of hydrogen-bond donors (Lipinski definition) is 3. The fraction of sp³-hybridized carbons (Fsp3) is 0.348. The van der Waals surface area contributed by atoms with Crippen molar-refractivity contribution in [2.45, 2.75) is 31.8 Å². The zero-order valence-corrected chi connectivity index (χ0v) is 17.3. The van der Waals surface area contributed by atoms with Crippen molar-refractivity contribution in [2.24, 2.45) is 0 Å². The minimum Gasteiger partial charge on any atom is -0.394 e. The van der Waals surface area contributed by atoms with E-state index in [4.69, 9.17) is 4.74 Å². The molecule has 0 radical (unpaired) electrons. The molecule has 2 aromatic heterocycles. The summed E-state index contributed by atoms with van der Waals surface area (Å²) in [6, 6.07) is 9.40. The van der Waals surface area contributed by atoms with E-state index >= 15 is 0 Å². The first kappa shape index (κ1) is 21.1. The second kappa shape index (κ2) is 9.36. The molecule has 7 nitrogen and oxygen atoms in total. The van der Waals surface area contributed by atoms with Crippen LogP contribution in [-0.4, -0.2) is 46.8 Å². The molecule has 1 saturated heterocycles. The third-order valence-corrected chi connectivity index (χ3v) is 5.47. The normalized spacial score (nSPS) is 15.6. The van der Waals surface area contributed by atoms with Crippen LogP contribution in [0.4, 0.5) is 10.2 Å². The van der Waals surface area contributed by atoms with Gasteiger partial charge in [0.05, 0.1) is 18.2 Å². The molecule has 3 heterocycles. The van der Waals surface area contributed by atoms with Crippen LogP contribution >= 0.6 is 0 Å². The highest BCUT2D eigenvalue weighted by Gasteiger charge is 2.18. The monoisotopic (exact) mass is 424 g/mol. The van der Waals surface area contributed by atoms with Gasteiger partial charge in [-0.1, -0.05) is 12.1 Å². The van der Waals surface area contributed by atoms with Crippen molar-refractivity contribution in [1.29, 1.82) is 0 Å². The molecule has 0 saturated carbocycles. The summed E-state index contributed by atoms with van der Waals surface area (Å²) >= 11 is 0. The predicted octanol–water partition coefficient (Wildman–Crippen LogP) is 3.13. The van der Waals surface area contributed by atoms with E-state index in [0.29, 0.717) is 28.5 Å². The molecule has 0 bridgehead atoms. The molecule has 1 atom stereocenters. The molecule has 3 aromatic rings. The number of aliphatic hydroxyl groups excluding tert-OH is 1. The summed E-state index contributed by atoms with van der Waals surface area (Å²) in [6.45, 7) is 2.75. The summed E-state index contributed by atoms with van der Waals surface area (Å²) < 4.78 is 19.3. The lowest BCUT2D eigenvalue weighted by molar-refractivity contribution is 0.0902. The Bertz CT molecular complexity index is 1090. The molecule has 162 valence electrons. The number of nitrogens with zero attached hydrogens (tertiary/aromatic N) is 2. The van der Waals surface area contributed by atoms with Crippen molar-refractivity contribution in [3.05, 3.63) is 65.2 Å². The minimum absolute atomic E-state index is 0.210. The van der Waals surface area contributed by atoms with Crippen LogP contribution in [0.2, 0.25) is 0 Å². The highest BCUT2D eigenvalue weighted by Crippen LogP contribution is 2.20. The molecule has 31 heavy (non-hydrogen) atoms. The first-order chi connectivity index (χ1) is 15.0. The number of ether oxygens (including phenoxy) is 1. The van der Waals surface area contributed by atoms with Crippen molar-refractivity contribution in [1.82, 2.24) is 15.3 Å². The number of halogens is 1. The number of rotatable bonds is 6. The Morgan fingerprint density at radius 1 is 1.26 bits per heavy atom. The largest absolute Gasteiger partial charge is 0.394 e. The molecule has 1 fully saturated rings. The van der Waals surface area contributed by atoms with Crippen molar-refractivity contribution < 1.29 is 19.0 Å². The zero-order chi connectivity index (χ0) is 21.8. The van der Waals surface area contributed by atoms with Crippen LogP contribution in [-0.2, 0) is 4.74 Å². The molecule has 4 rings (SSSR count). The standard InChI is InChI=1S/C23H25FN4O3/c1-14-2-3-15(10-18(14)24)21(13-29)28-23(30)19-5-4-16-12-25-22(11-20(16)27-19)26-17-6-8-31-9-7-17/h2-5,10-12,17,21,29H,6-9,13H2,1H3,(H,25,26)(H,28,30)/t21-/m1/s1. The highest BCUT2D eigenvalue weighted by molar-refractivity contribution is 5.95. The molecular weight excluding hydrogens is 399 g/mol. The number of fused-ring (bicyclic) bond motifs is 1. The summed E-state index contributed by atoms with van der Waals surface area (Å²) in [7, 11) is 0. The molecule has 0 unspecified atom stereocenters. The van der Waals surface area contributed by atoms with Crippen molar-refractivity contribution in [2.75, 3.05) is 25.1 Å². The van der Waals surface area contributed by atoms with Gasteiger partial charge in [0.25, 0.3) is 5.91 Å². The number of hydrogen-bond acceptors (Lipinski definition) is 6. The van der Waals surface area contributed by atoms with Crippen LogP contribution in [0.5, 0.6) is 0 Å². The Hall–Kier alpha value is -3.10. The van der Waals surface area contributed by atoms with E-state index in [1.807, 2.05) is 6.07 Å². The Labute approximate surface area is 179 Å². The van der Waals surface area contributed by atoms with Crippen LogP contribution in [0.25, 0.3) is 10.9 Å². The van der Waals surface area contributed by atoms with Gasteiger partial charge >= 0.3 is 0 Å². The quantitative estimate of drug-likeness (QED) is 0.563. The van der Waals surface area contributed by atoms with Crippen molar-refractivity contribution in [3.63, 3.8) is 0 Å². The van der Waals surface area contributed by atoms with Crippen LogP contribution in [0.15, 0.2) is 42.6 Å². The van der Waals surface area contributed by atoms with E-state index in [9.17, 15) is 14.3 Å². The first-order valence-electron chi connectivity index (χ1n) is 10.3. The molecule has 1 aliphatic rings. The predicted molar refractivity (Wildman–Crippen MR) is 115 cm³/mol. The fourth-order valence-corrected chi connectivity index (χ4v) is 3.57. The van der Waals surface area contributed by atoms with E-state index in [1.165, 1.54) is 6.07 Å². The van der Waals surface area contributed by atoms with E-state index in [1.54, 1.807) is 37.4 Å². The second-order valence-corrected chi connectivity index (χ2v) is 7.71. The molecule has 1 aliphatic heterocycles. The van der Waals surface area contributed by atoms with Gasteiger partial charge in [0, 0.05) is 36.9 Å². The van der Waals surface area contributed by atoms with E-state index in [2.05, 4.69) is 20.6 Å². The SMILES string of the molecule is Cc1ccc([C@@H](CO)NC(=O)c2ccc3cnc(NC4CCOCC4)cc3n2)cc1F. The van der Waals surface area contributed by atoms with Crippen LogP contribution in [0.1, 0.15) is 40.5 Å². The number of amides is 1. The van der Waals surface area contributed by atoms with Crippen LogP contribution < -0.4 is 10.6 Å². The maximum atomic E-state index is 13.9. The molecular formula is C23H25FN4O3. The molecule has 0 spiro atoms. The smallest absolute Gasteiger partial charge is 0.270 e. The highest BCUT2D eigenvalue weighted by atomic mass is 19.1. The summed E-state index contributed by atoms with van der Waals surface area (Å²) in [5.41, 5.74) is 1.84. The number of aryl methyl sites for hydroxylation is 1. The number of carbonyl (C=O) groups is 1. The number of anilines is 1. The first-order valence-corrected chi connectivity index (χ1v) is 10.3. The van der Waals surface area contributed by atoms with Gasteiger partial charge in [-0.3, -0.25) is 4.79 Å². The number of benzene rings is 1. The molecule has 1 amide bonds. The van der Waals surface area contributed by atoms with E-state index in [0.717, 1.165) is 31.4 Å². The Morgan fingerprint density at radius 2 is 2.06 bits per heavy atom. The van der Waals surface area contributed by atoms with Gasteiger partial charge in [0.15, 0.2) is 0 Å². The fourth-order valence-electron chi connectivity index (χ4n) is 3.57. The Kier molecular flexibility index (Phi) is 6.39. The lowest BCUT2D eigenvalue weighted by Gasteiger charge is -2.23. The lowest BCUT2D eigenvalue weighted by atomic mass is 10.0. The molecule has 1 aromatic carbocycles. The molecule has 0 aliphatic carbocycles. The third kappa shape index (κ3) is 4.98. The van der Waals surface area contributed by atoms with E-state index < -0.39 is 11.9 Å². The van der Waals surface area contributed by atoms with Gasteiger partial charge in [-0.05, 0) is 49.1 Å². The topological polar surface area (TPSA) is 96.4 Å². The second-order valence-electron chi connectivity index (χ2n) is 7.71. The van der Waals surface area contributed by atoms with Crippen molar-refractivity contribution >= 4 is 22.6 Å². The molecule has 3 N–H and O–H groups in total. The minimum atomic E-state index is -0.733. The Morgan fingerprint density at radius 3 is 2.81 bits per heavy atom. The lowest BCUT2D eigenvalue weighted by Crippen LogP contribution is -2.31. The Balaban J connectivity index is 1.51. The zero-order valence-electron chi connectivity index (χ0n) is 17.3. The maximum absolute atomic E-state index is 13.9.